The fourth-order valence-corrected chi connectivity index (χ4v) is 8.89. The van der Waals surface area contributed by atoms with E-state index in [1.165, 1.54) is 22.8 Å². The van der Waals surface area contributed by atoms with E-state index in [4.69, 9.17) is 0 Å². The summed E-state index contributed by atoms with van der Waals surface area (Å²) in [6.07, 6.45) is 1.34. The molecule has 0 aromatic heterocycles. The summed E-state index contributed by atoms with van der Waals surface area (Å²) < 4.78 is 3.27. The summed E-state index contributed by atoms with van der Waals surface area (Å²) in [6, 6.07) is 18.0. The Morgan fingerprint density at radius 2 is 1.25 bits per heavy atom. The SMILES string of the molecule is Cc1ccccc1[As](CCC(C)C)c1ccccc1C. The van der Waals surface area contributed by atoms with Crippen LogP contribution in [0.2, 0.25) is 5.21 Å². The van der Waals surface area contributed by atoms with Crippen LogP contribution >= 0.6 is 0 Å². The van der Waals surface area contributed by atoms with Gasteiger partial charge < -0.3 is 0 Å². The third-order valence-corrected chi connectivity index (χ3v) is 9.77. The number of hydrogen-bond acceptors (Lipinski definition) is 0. The van der Waals surface area contributed by atoms with Gasteiger partial charge in [0.05, 0.1) is 0 Å². The molecule has 0 saturated heterocycles. The van der Waals surface area contributed by atoms with Crippen molar-refractivity contribution in [1.29, 1.82) is 0 Å². The molecule has 0 amide bonds. The first kappa shape index (κ1) is 15.4. The standard InChI is InChI=1S/C19H25As/c1-15(2)13-14-20(18-11-7-5-9-16(18)3)19-12-8-6-10-17(19)4/h5-12,15H,13-14H2,1-4H3. The van der Waals surface area contributed by atoms with Crippen LogP contribution in [0.15, 0.2) is 48.5 Å². The Bertz CT molecular complexity index is 512. The second-order valence-electron chi connectivity index (χ2n) is 5.91. The van der Waals surface area contributed by atoms with Gasteiger partial charge in [0, 0.05) is 0 Å². The molecule has 0 aliphatic carbocycles. The van der Waals surface area contributed by atoms with Gasteiger partial charge in [0.15, 0.2) is 0 Å². The number of aryl methyl sites for hydroxylation is 2. The Balaban J connectivity index is 2.40. The molecule has 2 rings (SSSR count). The molecule has 0 saturated carbocycles. The third-order valence-electron chi connectivity index (χ3n) is 3.74. The monoisotopic (exact) mass is 328 g/mol. The second kappa shape index (κ2) is 7.13. The Morgan fingerprint density at radius 1 is 0.800 bits per heavy atom. The zero-order chi connectivity index (χ0) is 14.5. The fourth-order valence-electron chi connectivity index (χ4n) is 2.49. The Morgan fingerprint density at radius 3 is 1.65 bits per heavy atom. The number of rotatable bonds is 5. The van der Waals surface area contributed by atoms with E-state index in [1.54, 1.807) is 8.70 Å². The zero-order valence-corrected chi connectivity index (χ0v) is 14.9. The fraction of sp³-hybridized carbons (Fsp3) is 0.368. The van der Waals surface area contributed by atoms with E-state index in [9.17, 15) is 0 Å². The van der Waals surface area contributed by atoms with Gasteiger partial charge in [-0.1, -0.05) is 0 Å². The molecule has 0 aliphatic heterocycles. The minimum atomic E-state index is -1.17. The Hall–Kier alpha value is -1.00. The van der Waals surface area contributed by atoms with Crippen molar-refractivity contribution in [3.8, 4) is 0 Å². The summed E-state index contributed by atoms with van der Waals surface area (Å²) in [5.74, 6) is 0.792. The molecule has 2 aromatic carbocycles. The Labute approximate surface area is 128 Å². The molecule has 1 heteroatoms. The van der Waals surface area contributed by atoms with Gasteiger partial charge >= 0.3 is 128 Å². The first-order valence-corrected chi connectivity index (χ1v) is 10.7. The zero-order valence-electron chi connectivity index (χ0n) is 13.1. The minimum absolute atomic E-state index is 0.792. The molecular weight excluding hydrogens is 303 g/mol. The van der Waals surface area contributed by atoms with Gasteiger partial charge in [-0.3, -0.25) is 0 Å². The van der Waals surface area contributed by atoms with Crippen molar-refractivity contribution >= 4 is 23.4 Å². The van der Waals surface area contributed by atoms with Crippen LogP contribution in [-0.2, 0) is 0 Å². The van der Waals surface area contributed by atoms with Gasteiger partial charge in [-0.05, 0) is 0 Å². The molecule has 0 spiro atoms. The van der Waals surface area contributed by atoms with Crippen LogP contribution in [0, 0.1) is 19.8 Å². The molecule has 0 unspecified atom stereocenters. The van der Waals surface area contributed by atoms with Crippen molar-refractivity contribution in [2.24, 2.45) is 5.92 Å². The van der Waals surface area contributed by atoms with E-state index in [1.807, 2.05) is 0 Å². The van der Waals surface area contributed by atoms with E-state index in [0.717, 1.165) is 5.92 Å². The summed E-state index contributed by atoms with van der Waals surface area (Å²) in [5, 5.41) is 1.38. The molecular formula is C19H25As. The first-order valence-electron chi connectivity index (χ1n) is 7.48. The molecule has 0 atom stereocenters. The molecule has 0 nitrogen and oxygen atoms in total. The average molecular weight is 328 g/mol. The number of benzene rings is 2. The van der Waals surface area contributed by atoms with Crippen molar-refractivity contribution in [2.75, 3.05) is 0 Å². The molecule has 0 N–H and O–H groups in total. The van der Waals surface area contributed by atoms with E-state index in [0.29, 0.717) is 0 Å². The summed E-state index contributed by atoms with van der Waals surface area (Å²) in [5.41, 5.74) is 2.94. The van der Waals surface area contributed by atoms with Crippen molar-refractivity contribution < 1.29 is 0 Å². The van der Waals surface area contributed by atoms with E-state index in [-0.39, 0.29) is 0 Å². The summed E-state index contributed by atoms with van der Waals surface area (Å²) in [6.45, 7) is 9.21. The summed E-state index contributed by atoms with van der Waals surface area (Å²) >= 11 is -1.17. The van der Waals surface area contributed by atoms with Crippen molar-refractivity contribution in [1.82, 2.24) is 0 Å². The quantitative estimate of drug-likeness (QED) is 0.729. The Kier molecular flexibility index (Phi) is 5.49. The molecule has 0 fully saturated rings. The third kappa shape index (κ3) is 3.76. The molecule has 0 radical (unpaired) electrons. The summed E-state index contributed by atoms with van der Waals surface area (Å²) in [7, 11) is 0. The molecule has 2 aromatic rings. The van der Waals surface area contributed by atoms with Crippen LogP contribution in [0.3, 0.4) is 0 Å². The van der Waals surface area contributed by atoms with E-state index in [2.05, 4.69) is 76.2 Å². The molecule has 106 valence electrons. The van der Waals surface area contributed by atoms with Gasteiger partial charge in [-0.2, -0.15) is 0 Å². The topological polar surface area (TPSA) is 0 Å². The van der Waals surface area contributed by atoms with Crippen LogP contribution in [0.4, 0.5) is 0 Å². The van der Waals surface area contributed by atoms with Gasteiger partial charge in [0.1, 0.15) is 0 Å². The van der Waals surface area contributed by atoms with Crippen LogP contribution in [0.1, 0.15) is 31.4 Å². The van der Waals surface area contributed by atoms with Gasteiger partial charge in [-0.15, -0.1) is 0 Å². The van der Waals surface area contributed by atoms with Gasteiger partial charge in [0.2, 0.25) is 0 Å². The maximum absolute atomic E-state index is 2.36. The molecule has 0 heterocycles. The van der Waals surface area contributed by atoms with Gasteiger partial charge in [-0.25, -0.2) is 0 Å². The van der Waals surface area contributed by atoms with Crippen molar-refractivity contribution in [2.45, 2.75) is 39.3 Å². The average Bonchev–Trinajstić information content (AvgIpc) is 2.42. The van der Waals surface area contributed by atoms with Crippen LogP contribution < -0.4 is 8.70 Å². The first-order chi connectivity index (χ1) is 9.59. The van der Waals surface area contributed by atoms with Crippen molar-refractivity contribution in [3.63, 3.8) is 0 Å². The van der Waals surface area contributed by atoms with Crippen LogP contribution in [-0.4, -0.2) is 14.7 Å². The predicted octanol–water partition coefficient (Wildman–Crippen LogP) is 3.96. The maximum atomic E-state index is 2.36. The number of hydrogen-bond donors (Lipinski definition) is 0. The predicted molar refractivity (Wildman–Crippen MR) is 91.6 cm³/mol. The van der Waals surface area contributed by atoms with Crippen molar-refractivity contribution in [3.05, 3.63) is 59.7 Å². The normalized spacial score (nSPS) is 11.3. The van der Waals surface area contributed by atoms with Gasteiger partial charge in [0.25, 0.3) is 0 Å². The molecule has 0 aliphatic rings. The van der Waals surface area contributed by atoms with E-state index >= 15 is 0 Å². The van der Waals surface area contributed by atoms with E-state index < -0.39 is 14.7 Å². The summed E-state index contributed by atoms with van der Waals surface area (Å²) in [4.78, 5) is 0. The van der Waals surface area contributed by atoms with Crippen LogP contribution in [0.25, 0.3) is 0 Å². The second-order valence-corrected chi connectivity index (χ2v) is 10.7. The molecule has 0 bridgehead atoms. The van der Waals surface area contributed by atoms with Crippen LogP contribution in [0.5, 0.6) is 0 Å². The molecule has 20 heavy (non-hydrogen) atoms.